The third-order valence-electron chi connectivity index (χ3n) is 5.88. The molecule has 4 rings (SSSR count). The molecule has 206 valence electrons. The van der Waals surface area contributed by atoms with Crippen molar-refractivity contribution < 1.29 is 14.5 Å². The Morgan fingerprint density at radius 3 is 2.08 bits per heavy atom. The molecule has 0 bridgehead atoms. The van der Waals surface area contributed by atoms with Gasteiger partial charge < -0.3 is 15.0 Å². The lowest BCUT2D eigenvalue weighted by molar-refractivity contribution is -0.383. The Hall–Kier alpha value is -4.99. The molecule has 1 amide bonds. The van der Waals surface area contributed by atoms with Crippen LogP contribution in [0.5, 0.6) is 0 Å². The number of aromatic nitrogens is 2. The summed E-state index contributed by atoms with van der Waals surface area (Å²) < 4.78 is 5.45. The molecular formula is C30H32N6O4. The summed E-state index contributed by atoms with van der Waals surface area (Å²) in [5.74, 6) is 0.232. The topological polar surface area (TPSA) is 114 Å². The van der Waals surface area contributed by atoms with Crippen LogP contribution in [0.2, 0.25) is 0 Å². The summed E-state index contributed by atoms with van der Waals surface area (Å²) in [6.07, 6.45) is 0.794. The van der Waals surface area contributed by atoms with E-state index >= 15 is 0 Å². The Labute approximate surface area is 233 Å². The molecule has 10 nitrogen and oxygen atoms in total. The van der Waals surface area contributed by atoms with Gasteiger partial charge in [0.05, 0.1) is 4.92 Å². The first-order valence-corrected chi connectivity index (χ1v) is 12.8. The normalized spacial score (nSPS) is 11.0. The van der Waals surface area contributed by atoms with Crippen molar-refractivity contribution in [2.75, 3.05) is 22.2 Å². The molecule has 0 unspecified atom stereocenters. The average molecular weight is 541 g/mol. The molecule has 0 aliphatic rings. The number of carbonyl (C=O) groups excluding carboxylic acids is 1. The number of nitrogens with zero attached hydrogens (tertiary/aromatic N) is 5. The fourth-order valence-electron chi connectivity index (χ4n) is 4.04. The van der Waals surface area contributed by atoms with Crippen LogP contribution >= 0.6 is 0 Å². The van der Waals surface area contributed by atoms with Crippen LogP contribution in [-0.4, -0.2) is 33.6 Å². The van der Waals surface area contributed by atoms with E-state index in [4.69, 9.17) is 4.74 Å². The van der Waals surface area contributed by atoms with Crippen molar-refractivity contribution in [1.29, 1.82) is 0 Å². The van der Waals surface area contributed by atoms with Crippen LogP contribution in [0, 0.1) is 10.1 Å². The van der Waals surface area contributed by atoms with Gasteiger partial charge in [0.1, 0.15) is 11.9 Å². The lowest BCUT2D eigenvalue weighted by Crippen LogP contribution is -2.34. The maximum absolute atomic E-state index is 12.6. The summed E-state index contributed by atoms with van der Waals surface area (Å²) in [5, 5.41) is 15.5. The summed E-state index contributed by atoms with van der Waals surface area (Å²) >= 11 is 0. The zero-order valence-electron chi connectivity index (χ0n) is 22.9. The molecule has 10 heteroatoms. The second-order valence-electron chi connectivity index (χ2n) is 10.2. The van der Waals surface area contributed by atoms with E-state index in [0.29, 0.717) is 24.5 Å². The minimum atomic E-state index is -0.648. The highest BCUT2D eigenvalue weighted by molar-refractivity contribution is 5.88. The lowest BCUT2D eigenvalue weighted by Gasteiger charge is -2.25. The highest BCUT2D eigenvalue weighted by atomic mass is 16.6. The number of anilines is 4. The van der Waals surface area contributed by atoms with E-state index in [9.17, 15) is 14.9 Å². The molecule has 0 fully saturated rings. The number of nitrogens with one attached hydrogen (secondary N) is 1. The van der Waals surface area contributed by atoms with Gasteiger partial charge in [-0.05, 0) is 50.1 Å². The van der Waals surface area contributed by atoms with Crippen LogP contribution in [0.3, 0.4) is 0 Å². The highest BCUT2D eigenvalue weighted by Crippen LogP contribution is 2.35. The van der Waals surface area contributed by atoms with Gasteiger partial charge in [0, 0.05) is 31.5 Å². The van der Waals surface area contributed by atoms with E-state index in [1.807, 2.05) is 65.6 Å². The number of rotatable bonds is 9. The SMILES string of the molecule is CN(C(=O)OC(C)(C)C)c1cccc(Nc2ncnc(N(Cc3ccccc3)Cc3ccccc3)c2[N+](=O)[O-])c1. The predicted octanol–water partition coefficient (Wildman–Crippen LogP) is 6.71. The van der Waals surface area contributed by atoms with Gasteiger partial charge in [-0.1, -0.05) is 66.7 Å². The van der Waals surface area contributed by atoms with Crippen molar-refractivity contribution in [2.45, 2.75) is 39.5 Å². The van der Waals surface area contributed by atoms with Crippen LogP contribution in [0.4, 0.5) is 33.5 Å². The molecule has 0 aliphatic carbocycles. The molecule has 0 radical (unpaired) electrons. The summed E-state index contributed by atoms with van der Waals surface area (Å²) in [6.45, 7) is 6.19. The zero-order valence-corrected chi connectivity index (χ0v) is 22.9. The predicted molar refractivity (Wildman–Crippen MR) is 156 cm³/mol. The van der Waals surface area contributed by atoms with E-state index in [0.717, 1.165) is 11.1 Å². The van der Waals surface area contributed by atoms with Crippen molar-refractivity contribution >= 4 is 34.8 Å². The van der Waals surface area contributed by atoms with E-state index in [1.165, 1.54) is 11.2 Å². The van der Waals surface area contributed by atoms with Crippen LogP contribution in [0.1, 0.15) is 31.9 Å². The molecule has 1 heterocycles. The molecule has 40 heavy (non-hydrogen) atoms. The molecular weight excluding hydrogens is 508 g/mol. The Bertz CT molecular complexity index is 1420. The van der Waals surface area contributed by atoms with E-state index in [-0.39, 0.29) is 17.3 Å². The van der Waals surface area contributed by atoms with Crippen molar-refractivity contribution in [2.24, 2.45) is 0 Å². The fraction of sp³-hybridized carbons (Fsp3) is 0.233. The van der Waals surface area contributed by atoms with Crippen LogP contribution < -0.4 is 15.1 Å². The van der Waals surface area contributed by atoms with E-state index < -0.39 is 16.6 Å². The number of hydrogen-bond acceptors (Lipinski definition) is 8. The van der Waals surface area contributed by atoms with Crippen molar-refractivity contribution in [3.63, 3.8) is 0 Å². The van der Waals surface area contributed by atoms with Crippen LogP contribution in [0.25, 0.3) is 0 Å². The maximum atomic E-state index is 12.6. The lowest BCUT2D eigenvalue weighted by atomic mass is 10.1. The van der Waals surface area contributed by atoms with Gasteiger partial charge in [0.15, 0.2) is 0 Å². The Morgan fingerprint density at radius 1 is 0.925 bits per heavy atom. The van der Waals surface area contributed by atoms with Gasteiger partial charge in [-0.3, -0.25) is 15.0 Å². The number of ether oxygens (including phenoxy) is 1. The van der Waals surface area contributed by atoms with E-state index in [1.54, 1.807) is 52.1 Å². The highest BCUT2D eigenvalue weighted by Gasteiger charge is 2.28. The largest absolute Gasteiger partial charge is 0.443 e. The van der Waals surface area contributed by atoms with Crippen LogP contribution in [0.15, 0.2) is 91.3 Å². The minimum Gasteiger partial charge on any atom is -0.443 e. The standard InChI is InChI=1S/C30H32N6O4/c1-30(2,3)40-29(37)34(4)25-17-11-16-24(18-25)33-27-26(36(38)39)28(32-21-31-27)35(19-22-12-7-5-8-13-22)20-23-14-9-6-10-15-23/h5-18,21H,19-20H2,1-4H3,(H,31,32,33). The summed E-state index contributed by atoms with van der Waals surface area (Å²) in [6, 6.07) is 26.4. The second kappa shape index (κ2) is 12.2. The Kier molecular flexibility index (Phi) is 8.58. The zero-order chi connectivity index (χ0) is 28.7. The number of benzene rings is 3. The average Bonchev–Trinajstić information content (AvgIpc) is 2.92. The summed E-state index contributed by atoms with van der Waals surface area (Å²) in [4.78, 5) is 36.3. The van der Waals surface area contributed by atoms with Gasteiger partial charge in [-0.15, -0.1) is 0 Å². The van der Waals surface area contributed by atoms with Gasteiger partial charge in [-0.25, -0.2) is 14.8 Å². The Balaban J connectivity index is 1.68. The van der Waals surface area contributed by atoms with Crippen LogP contribution in [-0.2, 0) is 17.8 Å². The van der Waals surface area contributed by atoms with E-state index in [2.05, 4.69) is 15.3 Å². The number of hydrogen-bond donors (Lipinski definition) is 1. The number of amides is 1. The maximum Gasteiger partial charge on any atom is 0.414 e. The van der Waals surface area contributed by atoms with Gasteiger partial charge in [0.2, 0.25) is 11.6 Å². The molecule has 1 aromatic heterocycles. The Morgan fingerprint density at radius 2 is 1.52 bits per heavy atom. The summed E-state index contributed by atoms with van der Waals surface area (Å²) in [7, 11) is 1.60. The third kappa shape index (κ3) is 7.31. The molecule has 0 aliphatic heterocycles. The quantitative estimate of drug-likeness (QED) is 0.184. The minimum absolute atomic E-state index is 0.0400. The summed E-state index contributed by atoms with van der Waals surface area (Å²) in [5.41, 5.74) is 2.13. The second-order valence-corrected chi connectivity index (χ2v) is 10.2. The molecule has 0 spiro atoms. The van der Waals surface area contributed by atoms with Gasteiger partial charge in [0.25, 0.3) is 0 Å². The monoisotopic (exact) mass is 540 g/mol. The van der Waals surface area contributed by atoms with Gasteiger partial charge in [-0.2, -0.15) is 0 Å². The molecule has 0 saturated heterocycles. The smallest absolute Gasteiger partial charge is 0.414 e. The first-order valence-electron chi connectivity index (χ1n) is 12.8. The number of carbonyl (C=O) groups is 1. The van der Waals surface area contributed by atoms with Gasteiger partial charge >= 0.3 is 11.8 Å². The molecule has 3 aromatic carbocycles. The first kappa shape index (κ1) is 28.0. The third-order valence-corrected chi connectivity index (χ3v) is 5.88. The first-order chi connectivity index (χ1) is 19.1. The fourth-order valence-corrected chi connectivity index (χ4v) is 4.04. The molecule has 0 saturated carbocycles. The van der Waals surface area contributed by atoms with Crippen molar-refractivity contribution in [1.82, 2.24) is 9.97 Å². The van der Waals surface area contributed by atoms with Crippen molar-refractivity contribution in [3.05, 3.63) is 112 Å². The molecule has 1 N–H and O–H groups in total. The number of nitro groups is 1. The molecule has 4 aromatic rings. The van der Waals surface area contributed by atoms with Crippen molar-refractivity contribution in [3.8, 4) is 0 Å². The molecule has 0 atom stereocenters.